The minimum atomic E-state index is -3.92. The van der Waals surface area contributed by atoms with Crippen molar-refractivity contribution in [2.75, 3.05) is 23.7 Å². The molecule has 4 rings (SSSR count). The van der Waals surface area contributed by atoms with Crippen LogP contribution in [0.5, 0.6) is 5.75 Å². The molecule has 2 aromatic carbocycles. The Labute approximate surface area is 194 Å². The first-order valence-electron chi connectivity index (χ1n) is 11.1. The van der Waals surface area contributed by atoms with Crippen LogP contribution in [0.25, 0.3) is 0 Å². The number of rotatable bonds is 9. The third-order valence-corrected chi connectivity index (χ3v) is 8.99. The standard InChI is InChI=1S/C24H30N2O4S2/c1-3-30-20-8-6-19(7-9-20)26(32(28,29)22-12-10-21(31-2)11-13-22)16-24(27)25-23-15-17-4-5-18(23)14-17/h6-13,17-18,23H,3-5,14-16H2,1-2H3,(H,25,27)/t17-,18-,23-/m1/s1. The van der Waals surface area contributed by atoms with Crippen LogP contribution in [0, 0.1) is 11.8 Å². The van der Waals surface area contributed by atoms with Crippen LogP contribution in [0.1, 0.15) is 32.6 Å². The predicted molar refractivity (Wildman–Crippen MR) is 128 cm³/mol. The maximum absolute atomic E-state index is 13.6. The maximum atomic E-state index is 13.6. The lowest BCUT2D eigenvalue weighted by Crippen LogP contribution is -2.45. The topological polar surface area (TPSA) is 75.7 Å². The molecule has 2 saturated carbocycles. The molecule has 2 aliphatic rings. The summed E-state index contributed by atoms with van der Waals surface area (Å²) in [5.41, 5.74) is 0.436. The van der Waals surface area contributed by atoms with Crippen molar-refractivity contribution >= 4 is 33.4 Å². The molecule has 0 aliphatic heterocycles. The number of carbonyl (C=O) groups is 1. The van der Waals surface area contributed by atoms with Crippen molar-refractivity contribution < 1.29 is 17.9 Å². The van der Waals surface area contributed by atoms with E-state index in [9.17, 15) is 13.2 Å². The summed E-state index contributed by atoms with van der Waals surface area (Å²) < 4.78 is 33.8. The molecule has 2 bridgehead atoms. The fourth-order valence-corrected chi connectivity index (χ4v) is 6.70. The highest BCUT2D eigenvalue weighted by Crippen LogP contribution is 2.44. The number of carbonyl (C=O) groups excluding carboxylic acids is 1. The highest BCUT2D eigenvalue weighted by atomic mass is 32.2. The van der Waals surface area contributed by atoms with E-state index in [-0.39, 0.29) is 23.4 Å². The first-order chi connectivity index (χ1) is 15.4. The lowest BCUT2D eigenvalue weighted by Gasteiger charge is -2.27. The Morgan fingerprint density at radius 3 is 2.38 bits per heavy atom. The summed E-state index contributed by atoms with van der Waals surface area (Å²) in [5, 5.41) is 3.11. The number of hydrogen-bond acceptors (Lipinski definition) is 5. The Morgan fingerprint density at radius 1 is 1.09 bits per heavy atom. The van der Waals surface area contributed by atoms with Crippen LogP contribution in [0.15, 0.2) is 58.3 Å². The van der Waals surface area contributed by atoms with Gasteiger partial charge in [-0.05, 0) is 92.8 Å². The van der Waals surface area contributed by atoms with Gasteiger partial charge in [0.15, 0.2) is 0 Å². The van der Waals surface area contributed by atoms with Gasteiger partial charge < -0.3 is 10.1 Å². The minimum Gasteiger partial charge on any atom is -0.494 e. The number of hydrogen-bond donors (Lipinski definition) is 1. The molecule has 3 atom stereocenters. The maximum Gasteiger partial charge on any atom is 0.264 e. The Balaban J connectivity index is 1.58. The summed E-state index contributed by atoms with van der Waals surface area (Å²) in [6.07, 6.45) is 6.51. The molecule has 0 saturated heterocycles. The SMILES string of the molecule is CCOc1ccc(N(CC(=O)N[C@@H]2C[C@@H]3CC[C@@H]2C3)S(=O)(=O)c2ccc(SC)cc2)cc1. The summed E-state index contributed by atoms with van der Waals surface area (Å²) in [4.78, 5) is 14.1. The first-order valence-corrected chi connectivity index (χ1v) is 13.8. The number of thioether (sulfide) groups is 1. The van der Waals surface area contributed by atoms with Crippen LogP contribution >= 0.6 is 11.8 Å². The second kappa shape index (κ2) is 9.75. The smallest absolute Gasteiger partial charge is 0.264 e. The van der Waals surface area contributed by atoms with Gasteiger partial charge in [0.2, 0.25) is 5.91 Å². The van der Waals surface area contributed by atoms with Crippen LogP contribution in [0.4, 0.5) is 5.69 Å². The summed E-state index contributed by atoms with van der Waals surface area (Å²) in [6.45, 7) is 2.16. The van der Waals surface area contributed by atoms with Crippen molar-refractivity contribution in [3.63, 3.8) is 0 Å². The van der Waals surface area contributed by atoms with Gasteiger partial charge in [0, 0.05) is 10.9 Å². The van der Waals surface area contributed by atoms with Crippen LogP contribution in [0.3, 0.4) is 0 Å². The fourth-order valence-electron chi connectivity index (χ4n) is 4.87. The number of sulfonamides is 1. The largest absolute Gasteiger partial charge is 0.494 e. The molecule has 0 radical (unpaired) electrons. The molecule has 2 aromatic rings. The van der Waals surface area contributed by atoms with Crippen molar-refractivity contribution in [3.8, 4) is 5.75 Å². The third-order valence-electron chi connectivity index (χ3n) is 6.45. The summed E-state index contributed by atoms with van der Waals surface area (Å²) in [6, 6.07) is 13.7. The predicted octanol–water partition coefficient (Wildman–Crippen LogP) is 4.31. The lowest BCUT2D eigenvalue weighted by molar-refractivity contribution is -0.120. The molecule has 2 aliphatic carbocycles. The molecule has 0 aromatic heterocycles. The molecule has 2 fully saturated rings. The zero-order chi connectivity index (χ0) is 22.7. The molecular weight excluding hydrogens is 444 g/mol. The van der Waals surface area contributed by atoms with Crippen LogP contribution < -0.4 is 14.4 Å². The van der Waals surface area contributed by atoms with Gasteiger partial charge >= 0.3 is 0 Å². The van der Waals surface area contributed by atoms with Crippen molar-refractivity contribution in [2.45, 2.75) is 48.4 Å². The van der Waals surface area contributed by atoms with E-state index < -0.39 is 10.0 Å². The van der Waals surface area contributed by atoms with Gasteiger partial charge in [-0.2, -0.15) is 0 Å². The van der Waals surface area contributed by atoms with Gasteiger partial charge in [0.05, 0.1) is 17.2 Å². The van der Waals surface area contributed by atoms with E-state index in [0.29, 0.717) is 29.9 Å². The van der Waals surface area contributed by atoms with E-state index >= 15 is 0 Å². The average Bonchev–Trinajstić information content (AvgIpc) is 3.42. The Hall–Kier alpha value is -2.19. The van der Waals surface area contributed by atoms with Gasteiger partial charge in [-0.15, -0.1) is 11.8 Å². The second-order valence-corrected chi connectivity index (χ2v) is 11.2. The quantitative estimate of drug-likeness (QED) is 0.548. The van der Waals surface area contributed by atoms with Gasteiger partial charge in [-0.1, -0.05) is 6.42 Å². The molecule has 32 heavy (non-hydrogen) atoms. The van der Waals surface area contributed by atoms with Gasteiger partial charge in [0.1, 0.15) is 12.3 Å². The molecule has 0 spiro atoms. The molecule has 1 N–H and O–H groups in total. The third kappa shape index (κ3) is 4.91. The Morgan fingerprint density at radius 2 is 1.81 bits per heavy atom. The van der Waals surface area contributed by atoms with Crippen LogP contribution in [0.2, 0.25) is 0 Å². The van der Waals surface area contributed by atoms with Crippen LogP contribution in [-0.2, 0) is 14.8 Å². The number of amides is 1. The molecule has 0 heterocycles. The number of benzene rings is 2. The zero-order valence-corrected chi connectivity index (χ0v) is 20.1. The van der Waals surface area contributed by atoms with Gasteiger partial charge in [-0.3, -0.25) is 9.10 Å². The van der Waals surface area contributed by atoms with E-state index in [0.717, 1.165) is 17.7 Å². The normalized spacial score (nSPS) is 22.0. The molecule has 6 nitrogen and oxygen atoms in total. The van der Waals surface area contributed by atoms with E-state index in [2.05, 4.69) is 5.32 Å². The second-order valence-electron chi connectivity index (χ2n) is 8.46. The summed E-state index contributed by atoms with van der Waals surface area (Å²) in [5.74, 6) is 1.62. The summed E-state index contributed by atoms with van der Waals surface area (Å²) in [7, 11) is -3.92. The van der Waals surface area contributed by atoms with E-state index in [1.165, 1.54) is 17.1 Å². The Bertz CT molecular complexity index is 1040. The van der Waals surface area contributed by atoms with E-state index in [1.807, 2.05) is 13.2 Å². The zero-order valence-electron chi connectivity index (χ0n) is 18.5. The van der Waals surface area contributed by atoms with Crippen molar-refractivity contribution in [1.82, 2.24) is 5.32 Å². The molecule has 1 amide bonds. The highest BCUT2D eigenvalue weighted by molar-refractivity contribution is 7.98. The first kappa shape index (κ1) is 23.0. The minimum absolute atomic E-state index is 0.159. The number of nitrogens with zero attached hydrogens (tertiary/aromatic N) is 1. The van der Waals surface area contributed by atoms with E-state index in [1.54, 1.807) is 60.3 Å². The molecule has 0 unspecified atom stereocenters. The van der Waals surface area contributed by atoms with Crippen molar-refractivity contribution in [1.29, 1.82) is 0 Å². The van der Waals surface area contributed by atoms with E-state index in [4.69, 9.17) is 4.74 Å². The number of fused-ring (bicyclic) bond motifs is 2. The highest BCUT2D eigenvalue weighted by Gasteiger charge is 2.40. The number of nitrogens with one attached hydrogen (secondary N) is 1. The fraction of sp³-hybridized carbons (Fsp3) is 0.458. The molecular formula is C24H30N2O4S2. The van der Waals surface area contributed by atoms with Crippen molar-refractivity contribution in [3.05, 3.63) is 48.5 Å². The monoisotopic (exact) mass is 474 g/mol. The number of ether oxygens (including phenoxy) is 1. The lowest BCUT2D eigenvalue weighted by atomic mass is 9.95. The summed E-state index contributed by atoms with van der Waals surface area (Å²) >= 11 is 1.55. The Kier molecular flexibility index (Phi) is 7.00. The van der Waals surface area contributed by atoms with Crippen molar-refractivity contribution in [2.24, 2.45) is 11.8 Å². The van der Waals surface area contributed by atoms with Gasteiger partial charge in [0.25, 0.3) is 10.0 Å². The van der Waals surface area contributed by atoms with Crippen LogP contribution in [-0.4, -0.2) is 39.8 Å². The van der Waals surface area contributed by atoms with Gasteiger partial charge in [-0.25, -0.2) is 8.42 Å². The average molecular weight is 475 g/mol. The molecule has 172 valence electrons. The molecule has 8 heteroatoms. The number of anilines is 1.